The lowest BCUT2D eigenvalue weighted by molar-refractivity contribution is -0.136. The van der Waals surface area contributed by atoms with Crippen molar-refractivity contribution < 1.29 is 27.9 Å². The number of rotatable bonds is 6. The molecule has 1 unspecified atom stereocenters. The van der Waals surface area contributed by atoms with Gasteiger partial charge in [-0.15, -0.1) is 0 Å². The highest BCUT2D eigenvalue weighted by Crippen LogP contribution is 2.42. The normalized spacial score (nSPS) is 29.3. The molecule has 34 heavy (non-hydrogen) atoms. The minimum atomic E-state index is -2.50. The van der Waals surface area contributed by atoms with Gasteiger partial charge in [-0.2, -0.15) is 0 Å². The summed E-state index contributed by atoms with van der Waals surface area (Å²) in [4.78, 5) is 38.2. The van der Waals surface area contributed by atoms with Crippen molar-refractivity contribution in [2.45, 2.75) is 88.4 Å². The van der Waals surface area contributed by atoms with E-state index in [2.05, 4.69) is 10.6 Å². The number of hydrogen-bond acceptors (Lipinski definition) is 5. The van der Waals surface area contributed by atoms with Gasteiger partial charge in [-0.3, -0.25) is 19.7 Å². The molecule has 3 fully saturated rings. The second-order valence-corrected chi connectivity index (χ2v) is 10.2. The number of halogens is 2. The first-order valence-electron chi connectivity index (χ1n) is 12.3. The SMILES string of the molecule is O=C1CCC(N2Cc3cc(O[C@H]4CCCCC[C@H]4NCC4CC(F)(F)C4)ccc3C2=O)C(=O)N1. The molecule has 0 aromatic heterocycles. The van der Waals surface area contributed by atoms with Gasteiger partial charge in [-0.25, -0.2) is 8.78 Å². The van der Waals surface area contributed by atoms with Crippen molar-refractivity contribution >= 4 is 17.7 Å². The molecule has 0 spiro atoms. The maximum atomic E-state index is 13.2. The third kappa shape index (κ3) is 4.80. The maximum Gasteiger partial charge on any atom is 0.255 e. The number of carbonyl (C=O) groups excluding carboxylic acids is 3. The summed E-state index contributed by atoms with van der Waals surface area (Å²) in [5.41, 5.74) is 1.36. The molecule has 2 aliphatic heterocycles. The monoisotopic (exact) mass is 475 g/mol. The summed E-state index contributed by atoms with van der Waals surface area (Å²) in [5, 5.41) is 5.81. The number of amides is 3. The zero-order valence-electron chi connectivity index (χ0n) is 19.2. The molecule has 3 atom stereocenters. The van der Waals surface area contributed by atoms with Crippen LogP contribution in [0.25, 0.3) is 0 Å². The topological polar surface area (TPSA) is 87.7 Å². The van der Waals surface area contributed by atoms with E-state index in [1.807, 2.05) is 6.07 Å². The van der Waals surface area contributed by atoms with E-state index in [1.54, 1.807) is 12.1 Å². The van der Waals surface area contributed by atoms with E-state index in [-0.39, 0.29) is 49.1 Å². The average molecular weight is 476 g/mol. The Bertz CT molecular complexity index is 977. The maximum absolute atomic E-state index is 13.2. The Labute approximate surface area is 197 Å². The molecule has 2 N–H and O–H groups in total. The van der Waals surface area contributed by atoms with E-state index in [0.29, 0.717) is 30.8 Å². The molecule has 184 valence electrons. The number of piperidine rings is 1. The summed E-state index contributed by atoms with van der Waals surface area (Å²) in [6, 6.07) is 4.86. The first kappa shape index (κ1) is 23.2. The van der Waals surface area contributed by atoms with Crippen LogP contribution in [-0.4, -0.2) is 53.3 Å². The number of nitrogens with zero attached hydrogens (tertiary/aromatic N) is 1. The minimum absolute atomic E-state index is 0.0168. The number of carbonyl (C=O) groups is 3. The number of benzene rings is 1. The standard InChI is InChI=1S/C25H31F2N3O4/c26-25(27)11-15(12-25)13-28-19-4-2-1-3-5-21(19)34-17-6-7-18-16(10-17)14-30(24(18)33)20-8-9-22(31)29-23(20)32/h6-7,10,15,19-21,28H,1-5,8-9,11-14H2,(H,29,31,32)/t19-,20?,21+/m1/s1. The Balaban J connectivity index is 1.24. The van der Waals surface area contributed by atoms with Gasteiger partial charge in [-0.05, 0) is 61.9 Å². The fourth-order valence-corrected chi connectivity index (χ4v) is 5.69. The predicted octanol–water partition coefficient (Wildman–Crippen LogP) is 3.16. The molecule has 4 aliphatic rings. The Morgan fingerprint density at radius 3 is 2.65 bits per heavy atom. The lowest BCUT2D eigenvalue weighted by atomic mass is 9.81. The fraction of sp³-hybridized carbons (Fsp3) is 0.640. The van der Waals surface area contributed by atoms with Crippen LogP contribution in [0.5, 0.6) is 5.75 Å². The van der Waals surface area contributed by atoms with Gasteiger partial charge in [0.2, 0.25) is 17.7 Å². The highest BCUT2D eigenvalue weighted by atomic mass is 19.3. The molecule has 2 heterocycles. The summed E-state index contributed by atoms with van der Waals surface area (Å²) < 4.78 is 32.8. The van der Waals surface area contributed by atoms with E-state index in [0.717, 1.165) is 37.7 Å². The molecule has 0 bridgehead atoms. The van der Waals surface area contributed by atoms with Crippen LogP contribution in [0, 0.1) is 5.92 Å². The van der Waals surface area contributed by atoms with Gasteiger partial charge >= 0.3 is 0 Å². The Hall–Kier alpha value is -2.55. The molecule has 1 saturated heterocycles. The van der Waals surface area contributed by atoms with E-state index >= 15 is 0 Å². The second-order valence-electron chi connectivity index (χ2n) is 10.2. The fourth-order valence-electron chi connectivity index (χ4n) is 5.69. The number of imide groups is 1. The van der Waals surface area contributed by atoms with Crippen LogP contribution in [0.2, 0.25) is 0 Å². The largest absolute Gasteiger partial charge is 0.489 e. The molecule has 3 amide bonds. The van der Waals surface area contributed by atoms with Gasteiger partial charge in [0.25, 0.3) is 5.91 Å². The molecular weight excluding hydrogens is 444 g/mol. The molecule has 1 aromatic carbocycles. The minimum Gasteiger partial charge on any atom is -0.489 e. The number of fused-ring (bicyclic) bond motifs is 1. The average Bonchev–Trinajstić information content (AvgIpc) is 2.93. The van der Waals surface area contributed by atoms with Crippen molar-refractivity contribution in [1.29, 1.82) is 0 Å². The van der Waals surface area contributed by atoms with Crippen LogP contribution in [0.4, 0.5) is 8.78 Å². The highest BCUT2D eigenvalue weighted by Gasteiger charge is 2.45. The Morgan fingerprint density at radius 2 is 1.88 bits per heavy atom. The van der Waals surface area contributed by atoms with Crippen molar-refractivity contribution in [2.24, 2.45) is 5.92 Å². The summed E-state index contributed by atoms with van der Waals surface area (Å²) >= 11 is 0. The first-order chi connectivity index (χ1) is 16.3. The highest BCUT2D eigenvalue weighted by molar-refractivity contribution is 6.05. The third-order valence-corrected chi connectivity index (χ3v) is 7.58. The number of nitrogens with one attached hydrogen (secondary N) is 2. The lowest BCUT2D eigenvalue weighted by Crippen LogP contribution is -2.52. The van der Waals surface area contributed by atoms with E-state index in [1.165, 1.54) is 4.90 Å². The Morgan fingerprint density at radius 1 is 1.09 bits per heavy atom. The van der Waals surface area contributed by atoms with Crippen LogP contribution in [0.3, 0.4) is 0 Å². The molecule has 0 radical (unpaired) electrons. The molecule has 7 nitrogen and oxygen atoms in total. The van der Waals surface area contributed by atoms with Crippen molar-refractivity contribution in [3.05, 3.63) is 29.3 Å². The van der Waals surface area contributed by atoms with Crippen molar-refractivity contribution in [1.82, 2.24) is 15.5 Å². The predicted molar refractivity (Wildman–Crippen MR) is 119 cm³/mol. The number of hydrogen-bond donors (Lipinski definition) is 2. The first-order valence-corrected chi connectivity index (χ1v) is 12.3. The zero-order chi connectivity index (χ0) is 23.9. The quantitative estimate of drug-likeness (QED) is 0.488. The van der Waals surface area contributed by atoms with Crippen molar-refractivity contribution in [3.8, 4) is 5.75 Å². The smallest absolute Gasteiger partial charge is 0.255 e. The second kappa shape index (κ2) is 9.24. The molecule has 9 heteroatoms. The van der Waals surface area contributed by atoms with Gasteiger partial charge in [0.15, 0.2) is 0 Å². The van der Waals surface area contributed by atoms with Gasteiger partial charge in [0.05, 0.1) is 0 Å². The van der Waals surface area contributed by atoms with Crippen LogP contribution in [-0.2, 0) is 16.1 Å². The third-order valence-electron chi connectivity index (χ3n) is 7.58. The van der Waals surface area contributed by atoms with E-state index in [9.17, 15) is 23.2 Å². The van der Waals surface area contributed by atoms with Crippen LogP contribution < -0.4 is 15.4 Å². The lowest BCUT2D eigenvalue weighted by Gasteiger charge is -2.37. The number of alkyl halides is 2. The summed E-state index contributed by atoms with van der Waals surface area (Å²) in [5.74, 6) is -2.75. The summed E-state index contributed by atoms with van der Waals surface area (Å²) in [6.07, 6.45) is 5.49. The Kier molecular flexibility index (Phi) is 6.31. The van der Waals surface area contributed by atoms with Gasteiger partial charge in [0.1, 0.15) is 17.9 Å². The van der Waals surface area contributed by atoms with Crippen molar-refractivity contribution in [2.75, 3.05) is 6.54 Å². The van der Waals surface area contributed by atoms with Gasteiger partial charge in [-0.1, -0.05) is 12.8 Å². The van der Waals surface area contributed by atoms with E-state index < -0.39 is 17.9 Å². The van der Waals surface area contributed by atoms with Gasteiger partial charge < -0.3 is 15.0 Å². The summed E-state index contributed by atoms with van der Waals surface area (Å²) in [6.45, 7) is 0.888. The molecular formula is C25H31F2N3O4. The van der Waals surface area contributed by atoms with Crippen LogP contribution in [0.15, 0.2) is 18.2 Å². The van der Waals surface area contributed by atoms with Crippen LogP contribution in [0.1, 0.15) is 73.7 Å². The molecule has 5 rings (SSSR count). The van der Waals surface area contributed by atoms with Gasteiger partial charge in [0, 0.05) is 37.4 Å². The zero-order valence-corrected chi connectivity index (χ0v) is 19.2. The molecule has 1 aromatic rings. The molecule has 2 saturated carbocycles. The van der Waals surface area contributed by atoms with Crippen LogP contribution >= 0.6 is 0 Å². The molecule has 2 aliphatic carbocycles. The van der Waals surface area contributed by atoms with Crippen molar-refractivity contribution in [3.63, 3.8) is 0 Å². The summed E-state index contributed by atoms with van der Waals surface area (Å²) in [7, 11) is 0. The number of ether oxygens (including phenoxy) is 1. The van der Waals surface area contributed by atoms with E-state index in [4.69, 9.17) is 4.74 Å².